The van der Waals surface area contributed by atoms with E-state index in [4.69, 9.17) is 14.5 Å². The van der Waals surface area contributed by atoms with Crippen LogP contribution in [-0.2, 0) is 4.74 Å². The Bertz CT molecular complexity index is 1430. The number of nitrogens with one attached hydrogen (secondary N) is 1. The van der Waals surface area contributed by atoms with Crippen molar-refractivity contribution in [2.24, 2.45) is 0 Å². The van der Waals surface area contributed by atoms with Gasteiger partial charge in [0.15, 0.2) is 0 Å². The smallest absolute Gasteiger partial charge is 0.338 e. The van der Waals surface area contributed by atoms with Crippen LogP contribution >= 0.6 is 0 Å². The minimum Gasteiger partial charge on any atom is -0.497 e. The summed E-state index contributed by atoms with van der Waals surface area (Å²) < 4.78 is 10.7. The monoisotopic (exact) mass is 496 g/mol. The number of ether oxygens (including phenoxy) is 2. The number of carbonyl (C=O) groups is 2. The molecule has 1 N–H and O–H groups in total. The minimum atomic E-state index is -0.358. The number of nitrogens with zero attached hydrogens (tertiary/aromatic N) is 1. The number of methoxy groups -OCH3 is 1. The fraction of sp³-hybridized carbons (Fsp3) is 0.258. The van der Waals surface area contributed by atoms with Gasteiger partial charge in [0.2, 0.25) is 0 Å². The highest BCUT2D eigenvalue weighted by Crippen LogP contribution is 2.30. The number of pyridine rings is 1. The van der Waals surface area contributed by atoms with E-state index in [1.54, 1.807) is 31.4 Å². The highest BCUT2D eigenvalue weighted by molar-refractivity contribution is 6.13. The lowest BCUT2D eigenvalue weighted by atomic mass is 9.99. The fourth-order valence-corrected chi connectivity index (χ4v) is 4.29. The van der Waals surface area contributed by atoms with E-state index >= 15 is 0 Å². The Kier molecular flexibility index (Phi) is 8.18. The van der Waals surface area contributed by atoms with Crippen LogP contribution in [0.5, 0.6) is 5.75 Å². The first-order valence-electron chi connectivity index (χ1n) is 12.5. The van der Waals surface area contributed by atoms with E-state index in [0.29, 0.717) is 29.1 Å². The number of unbranched alkanes of at least 4 members (excludes halogenated alkanes) is 2. The highest BCUT2D eigenvalue weighted by atomic mass is 16.5. The number of fused-ring (bicyclic) bond motifs is 1. The molecule has 4 rings (SSSR count). The molecule has 3 aromatic carbocycles. The topological polar surface area (TPSA) is 77.5 Å². The number of hydrogen-bond acceptors (Lipinski definition) is 5. The maximum atomic E-state index is 13.5. The first-order valence-corrected chi connectivity index (χ1v) is 12.5. The van der Waals surface area contributed by atoms with Crippen molar-refractivity contribution in [1.29, 1.82) is 0 Å². The zero-order valence-electron chi connectivity index (χ0n) is 21.8. The third kappa shape index (κ3) is 6.15. The Morgan fingerprint density at radius 3 is 2.46 bits per heavy atom. The Labute approximate surface area is 217 Å². The van der Waals surface area contributed by atoms with Gasteiger partial charge < -0.3 is 14.8 Å². The number of carbonyl (C=O) groups excluding carboxylic acids is 2. The van der Waals surface area contributed by atoms with Gasteiger partial charge in [-0.2, -0.15) is 0 Å². The van der Waals surface area contributed by atoms with E-state index in [0.717, 1.165) is 52.6 Å². The molecule has 0 unspecified atom stereocenters. The van der Waals surface area contributed by atoms with Gasteiger partial charge in [-0.25, -0.2) is 9.78 Å². The van der Waals surface area contributed by atoms with Crippen LogP contribution in [0.4, 0.5) is 5.69 Å². The van der Waals surface area contributed by atoms with Crippen molar-refractivity contribution < 1.29 is 19.1 Å². The van der Waals surface area contributed by atoms with Crippen molar-refractivity contribution in [3.63, 3.8) is 0 Å². The largest absolute Gasteiger partial charge is 0.497 e. The average molecular weight is 497 g/mol. The predicted octanol–water partition coefficient (Wildman–Crippen LogP) is 7.13. The molecule has 0 saturated heterocycles. The molecule has 0 spiro atoms. The Balaban J connectivity index is 1.63. The Morgan fingerprint density at radius 2 is 1.73 bits per heavy atom. The summed E-state index contributed by atoms with van der Waals surface area (Å²) in [6.45, 7) is 6.52. The lowest BCUT2D eigenvalue weighted by Crippen LogP contribution is -2.14. The van der Waals surface area contributed by atoms with E-state index < -0.39 is 0 Å². The van der Waals surface area contributed by atoms with Crippen molar-refractivity contribution >= 4 is 28.5 Å². The quantitative estimate of drug-likeness (QED) is 0.197. The van der Waals surface area contributed by atoms with Crippen LogP contribution < -0.4 is 10.1 Å². The molecule has 0 aliphatic rings. The molecular formula is C31H32N2O4. The summed E-state index contributed by atoms with van der Waals surface area (Å²) in [5.74, 6) is 0.106. The zero-order chi connectivity index (χ0) is 26.4. The first-order chi connectivity index (χ1) is 17.9. The second-order valence-electron chi connectivity index (χ2n) is 9.14. The van der Waals surface area contributed by atoms with Gasteiger partial charge in [-0.1, -0.05) is 43.5 Å². The second kappa shape index (κ2) is 11.7. The van der Waals surface area contributed by atoms with E-state index in [1.807, 2.05) is 50.2 Å². The summed E-state index contributed by atoms with van der Waals surface area (Å²) in [5.41, 5.74) is 5.93. The SMILES string of the molecule is CCCCCOC(=O)c1ccc(NC(=O)c2cc(-c3cccc(OC)c3)nc3c(C)cc(C)cc23)cc1. The third-order valence-corrected chi connectivity index (χ3v) is 6.22. The lowest BCUT2D eigenvalue weighted by molar-refractivity contribution is 0.0498. The van der Waals surface area contributed by atoms with E-state index in [-0.39, 0.29) is 11.9 Å². The number of anilines is 1. The van der Waals surface area contributed by atoms with Crippen LogP contribution in [0, 0.1) is 13.8 Å². The number of amides is 1. The molecule has 1 amide bonds. The maximum absolute atomic E-state index is 13.5. The van der Waals surface area contributed by atoms with Crippen molar-refractivity contribution in [2.75, 3.05) is 19.0 Å². The first kappa shape index (κ1) is 25.9. The van der Waals surface area contributed by atoms with E-state index in [9.17, 15) is 9.59 Å². The molecule has 0 radical (unpaired) electrons. The molecule has 0 atom stereocenters. The molecule has 6 nitrogen and oxygen atoms in total. The maximum Gasteiger partial charge on any atom is 0.338 e. The molecule has 1 heterocycles. The summed E-state index contributed by atoms with van der Waals surface area (Å²) in [5, 5.41) is 3.76. The van der Waals surface area contributed by atoms with Crippen molar-refractivity contribution in [3.05, 3.63) is 89.0 Å². The van der Waals surface area contributed by atoms with Gasteiger partial charge in [0.05, 0.1) is 36.1 Å². The molecule has 0 fully saturated rings. The predicted molar refractivity (Wildman–Crippen MR) is 147 cm³/mol. The number of esters is 1. The summed E-state index contributed by atoms with van der Waals surface area (Å²) in [7, 11) is 1.62. The van der Waals surface area contributed by atoms with Gasteiger partial charge >= 0.3 is 5.97 Å². The van der Waals surface area contributed by atoms with E-state index in [2.05, 4.69) is 18.3 Å². The van der Waals surface area contributed by atoms with Gasteiger partial charge in [-0.05, 0) is 74.4 Å². The van der Waals surface area contributed by atoms with E-state index in [1.165, 1.54) is 0 Å². The molecule has 0 aliphatic heterocycles. The molecular weight excluding hydrogens is 464 g/mol. The van der Waals surface area contributed by atoms with Gasteiger partial charge in [0, 0.05) is 16.6 Å². The molecule has 1 aromatic heterocycles. The minimum absolute atomic E-state index is 0.253. The van der Waals surface area contributed by atoms with Crippen LogP contribution in [0.1, 0.15) is 58.0 Å². The molecule has 0 aliphatic carbocycles. The molecule has 37 heavy (non-hydrogen) atoms. The zero-order valence-corrected chi connectivity index (χ0v) is 21.8. The van der Waals surface area contributed by atoms with Crippen LogP contribution in [0.25, 0.3) is 22.2 Å². The standard InChI is InChI=1S/C31H32N2O4/c1-5-6-7-15-37-31(35)22-11-13-24(14-12-22)32-30(34)27-19-28(23-9-8-10-25(18-23)36-4)33-29-21(3)16-20(2)17-26(27)29/h8-14,16-19H,5-7,15H2,1-4H3,(H,32,34). The van der Waals surface area contributed by atoms with Gasteiger partial charge in [0.1, 0.15) is 5.75 Å². The summed E-state index contributed by atoms with van der Waals surface area (Å²) in [6.07, 6.45) is 2.95. The number of rotatable bonds is 9. The van der Waals surface area contributed by atoms with Gasteiger partial charge in [-0.3, -0.25) is 4.79 Å². The van der Waals surface area contributed by atoms with Crippen LogP contribution in [0.3, 0.4) is 0 Å². The van der Waals surface area contributed by atoms with Crippen molar-refractivity contribution in [3.8, 4) is 17.0 Å². The van der Waals surface area contributed by atoms with Crippen molar-refractivity contribution in [2.45, 2.75) is 40.0 Å². The second-order valence-corrected chi connectivity index (χ2v) is 9.14. The lowest BCUT2D eigenvalue weighted by Gasteiger charge is -2.14. The summed E-state index contributed by atoms with van der Waals surface area (Å²) in [4.78, 5) is 30.7. The number of aryl methyl sites for hydroxylation is 2. The Hall–Kier alpha value is -4.19. The molecule has 0 bridgehead atoms. The van der Waals surface area contributed by atoms with Crippen LogP contribution in [0.15, 0.2) is 66.7 Å². The molecule has 0 saturated carbocycles. The third-order valence-electron chi connectivity index (χ3n) is 6.22. The molecule has 4 aromatic rings. The van der Waals surface area contributed by atoms with Crippen molar-refractivity contribution in [1.82, 2.24) is 4.98 Å². The van der Waals surface area contributed by atoms with Crippen LogP contribution in [0.2, 0.25) is 0 Å². The number of hydrogen-bond donors (Lipinski definition) is 1. The van der Waals surface area contributed by atoms with Crippen LogP contribution in [-0.4, -0.2) is 30.6 Å². The molecule has 190 valence electrons. The number of aromatic nitrogens is 1. The molecule has 6 heteroatoms. The average Bonchev–Trinajstić information content (AvgIpc) is 2.91. The Morgan fingerprint density at radius 1 is 0.946 bits per heavy atom. The summed E-state index contributed by atoms with van der Waals surface area (Å²) in [6, 6.07) is 20.2. The van der Waals surface area contributed by atoms with Gasteiger partial charge in [-0.15, -0.1) is 0 Å². The summed E-state index contributed by atoms with van der Waals surface area (Å²) >= 11 is 0. The van der Waals surface area contributed by atoms with Gasteiger partial charge in [0.25, 0.3) is 5.91 Å². The number of benzene rings is 3. The fourth-order valence-electron chi connectivity index (χ4n) is 4.29. The highest BCUT2D eigenvalue weighted by Gasteiger charge is 2.17. The normalized spacial score (nSPS) is 10.8.